The molecule has 0 radical (unpaired) electrons. The van der Waals surface area contributed by atoms with Gasteiger partial charge in [-0.15, -0.1) is 0 Å². The van der Waals surface area contributed by atoms with Gasteiger partial charge in [0.15, 0.2) is 17.3 Å². The molecule has 1 N–H and O–H groups in total. The molecule has 1 aliphatic heterocycles. The van der Waals surface area contributed by atoms with Crippen LogP contribution in [0.4, 0.5) is 0 Å². The summed E-state index contributed by atoms with van der Waals surface area (Å²) in [6.07, 6.45) is 1.57. The molecule has 0 saturated carbocycles. The highest BCUT2D eigenvalue weighted by Crippen LogP contribution is 2.38. The van der Waals surface area contributed by atoms with Gasteiger partial charge in [0.05, 0.1) is 35.9 Å². The molecule has 152 valence electrons. The summed E-state index contributed by atoms with van der Waals surface area (Å²) in [5, 5.41) is 3.76. The molecule has 1 aliphatic rings. The number of nitrogens with one attached hydrogen (secondary N) is 1. The highest BCUT2D eigenvalue weighted by atomic mass is 32.2. The van der Waals surface area contributed by atoms with Crippen molar-refractivity contribution in [2.75, 3.05) is 13.7 Å². The number of ether oxygens (including phenoxy) is 3. The minimum Gasteiger partial charge on any atom is -0.493 e. The SMILES string of the molecule is CCOc1ccc(CNS(=O)(=O)c2ccc3c(c2)-c2oncc2CO3)cc1OC. The quantitative estimate of drug-likeness (QED) is 0.632. The number of fused-ring (bicyclic) bond motifs is 3. The molecule has 29 heavy (non-hydrogen) atoms. The first-order valence-corrected chi connectivity index (χ1v) is 10.5. The van der Waals surface area contributed by atoms with Gasteiger partial charge in [0.1, 0.15) is 12.4 Å². The Bertz CT molecular complexity index is 1140. The van der Waals surface area contributed by atoms with Crippen molar-refractivity contribution in [2.45, 2.75) is 25.0 Å². The minimum absolute atomic E-state index is 0.103. The van der Waals surface area contributed by atoms with E-state index in [9.17, 15) is 8.42 Å². The van der Waals surface area contributed by atoms with Crippen LogP contribution in [0.5, 0.6) is 17.2 Å². The van der Waals surface area contributed by atoms with E-state index < -0.39 is 10.0 Å². The third kappa shape index (κ3) is 3.79. The summed E-state index contributed by atoms with van der Waals surface area (Å²) < 4.78 is 49.9. The van der Waals surface area contributed by atoms with E-state index in [1.807, 2.05) is 6.92 Å². The molecule has 2 heterocycles. The Hall–Kier alpha value is -3.04. The Morgan fingerprint density at radius 2 is 2.03 bits per heavy atom. The van der Waals surface area contributed by atoms with Gasteiger partial charge >= 0.3 is 0 Å². The lowest BCUT2D eigenvalue weighted by molar-refractivity contribution is 0.297. The smallest absolute Gasteiger partial charge is 0.240 e. The molecule has 0 bridgehead atoms. The molecule has 4 rings (SSSR count). The van der Waals surface area contributed by atoms with Crippen molar-refractivity contribution < 1.29 is 27.2 Å². The number of sulfonamides is 1. The fraction of sp³-hybridized carbons (Fsp3) is 0.250. The van der Waals surface area contributed by atoms with Crippen molar-refractivity contribution in [3.05, 3.63) is 53.7 Å². The van der Waals surface area contributed by atoms with Crippen LogP contribution in [0.3, 0.4) is 0 Å². The van der Waals surface area contributed by atoms with Gasteiger partial charge in [0.25, 0.3) is 0 Å². The summed E-state index contributed by atoms with van der Waals surface area (Å²) in [5.74, 6) is 2.25. The summed E-state index contributed by atoms with van der Waals surface area (Å²) in [5.41, 5.74) is 2.09. The zero-order valence-corrected chi connectivity index (χ0v) is 16.8. The second-order valence-electron chi connectivity index (χ2n) is 6.37. The van der Waals surface area contributed by atoms with Crippen LogP contribution in [-0.2, 0) is 23.2 Å². The minimum atomic E-state index is -3.76. The van der Waals surface area contributed by atoms with Gasteiger partial charge in [0.2, 0.25) is 10.0 Å². The van der Waals surface area contributed by atoms with E-state index >= 15 is 0 Å². The Morgan fingerprint density at radius 3 is 2.83 bits per heavy atom. The Morgan fingerprint density at radius 1 is 1.17 bits per heavy atom. The van der Waals surface area contributed by atoms with Crippen LogP contribution in [0.15, 0.2) is 52.0 Å². The maximum Gasteiger partial charge on any atom is 0.240 e. The average Bonchev–Trinajstić information content (AvgIpc) is 3.22. The lowest BCUT2D eigenvalue weighted by Crippen LogP contribution is -2.23. The highest BCUT2D eigenvalue weighted by molar-refractivity contribution is 7.89. The molecule has 2 aromatic carbocycles. The molecule has 0 atom stereocenters. The first-order valence-electron chi connectivity index (χ1n) is 9.02. The standard InChI is InChI=1S/C20H20N2O6S/c1-3-26-18-6-4-13(8-19(18)25-2)10-22-29(23,24)15-5-7-17-16(9-15)20-14(12-27-17)11-21-28-20/h4-9,11,22H,3,10,12H2,1-2H3. The lowest BCUT2D eigenvalue weighted by atomic mass is 10.1. The van der Waals surface area contributed by atoms with Crippen molar-refractivity contribution in [3.63, 3.8) is 0 Å². The molecule has 0 fully saturated rings. The predicted molar refractivity (Wildman–Crippen MR) is 104 cm³/mol. The topological polar surface area (TPSA) is 99.9 Å². The molecule has 0 saturated heterocycles. The maximum absolute atomic E-state index is 12.8. The number of aromatic nitrogens is 1. The van der Waals surface area contributed by atoms with Crippen molar-refractivity contribution in [1.29, 1.82) is 0 Å². The molecule has 3 aromatic rings. The van der Waals surface area contributed by atoms with Crippen molar-refractivity contribution in [2.24, 2.45) is 0 Å². The van der Waals surface area contributed by atoms with Gasteiger partial charge in [-0.05, 0) is 42.8 Å². The van der Waals surface area contributed by atoms with E-state index in [4.69, 9.17) is 18.7 Å². The van der Waals surface area contributed by atoms with Crippen LogP contribution >= 0.6 is 0 Å². The molecule has 1 aromatic heterocycles. The molecule has 0 aliphatic carbocycles. The number of methoxy groups -OCH3 is 1. The monoisotopic (exact) mass is 416 g/mol. The fourth-order valence-electron chi connectivity index (χ4n) is 3.08. The first-order chi connectivity index (χ1) is 14.0. The third-order valence-electron chi connectivity index (χ3n) is 4.53. The van der Waals surface area contributed by atoms with Crippen LogP contribution in [0.1, 0.15) is 18.1 Å². The van der Waals surface area contributed by atoms with Gasteiger partial charge < -0.3 is 18.7 Å². The highest BCUT2D eigenvalue weighted by Gasteiger charge is 2.24. The zero-order valence-electron chi connectivity index (χ0n) is 16.0. The number of nitrogens with zero attached hydrogens (tertiary/aromatic N) is 1. The number of hydrogen-bond acceptors (Lipinski definition) is 7. The summed E-state index contributed by atoms with van der Waals surface area (Å²) in [6, 6.07) is 9.94. The third-order valence-corrected chi connectivity index (χ3v) is 5.93. The molecular weight excluding hydrogens is 396 g/mol. The maximum atomic E-state index is 12.8. The fourth-order valence-corrected chi connectivity index (χ4v) is 4.12. The predicted octanol–water partition coefficient (Wildman–Crippen LogP) is 3.12. The van der Waals surface area contributed by atoms with E-state index in [0.717, 1.165) is 11.1 Å². The molecule has 8 nitrogen and oxygen atoms in total. The Balaban J connectivity index is 1.55. The van der Waals surface area contributed by atoms with Crippen LogP contribution in [-0.4, -0.2) is 27.3 Å². The Kier molecular flexibility index (Phi) is 5.16. The molecule has 0 unspecified atom stereocenters. The van der Waals surface area contributed by atoms with Gasteiger partial charge in [-0.3, -0.25) is 0 Å². The number of rotatable bonds is 7. The second-order valence-corrected chi connectivity index (χ2v) is 8.14. The first kappa shape index (κ1) is 19.3. The van der Waals surface area contributed by atoms with Gasteiger partial charge in [-0.2, -0.15) is 0 Å². The van der Waals surface area contributed by atoms with E-state index in [0.29, 0.717) is 41.8 Å². The van der Waals surface area contributed by atoms with Crippen molar-refractivity contribution >= 4 is 10.0 Å². The van der Waals surface area contributed by atoms with Crippen molar-refractivity contribution in [1.82, 2.24) is 9.88 Å². The van der Waals surface area contributed by atoms with Gasteiger partial charge in [-0.25, -0.2) is 13.1 Å². The molecule has 0 spiro atoms. The van der Waals surface area contributed by atoms with E-state index in [1.165, 1.54) is 12.1 Å². The van der Waals surface area contributed by atoms with E-state index in [2.05, 4.69) is 9.88 Å². The van der Waals surface area contributed by atoms with Crippen LogP contribution in [0, 0.1) is 0 Å². The van der Waals surface area contributed by atoms with E-state index in [-0.39, 0.29) is 11.4 Å². The second kappa shape index (κ2) is 7.76. The number of benzene rings is 2. The van der Waals surface area contributed by atoms with Gasteiger partial charge in [-0.1, -0.05) is 11.2 Å². The summed E-state index contributed by atoms with van der Waals surface area (Å²) in [6.45, 7) is 2.84. The summed E-state index contributed by atoms with van der Waals surface area (Å²) in [7, 11) is -2.22. The van der Waals surface area contributed by atoms with E-state index in [1.54, 1.807) is 37.6 Å². The van der Waals surface area contributed by atoms with Crippen molar-refractivity contribution in [3.8, 4) is 28.6 Å². The van der Waals surface area contributed by atoms with Gasteiger partial charge in [0, 0.05) is 6.54 Å². The molecule has 9 heteroatoms. The largest absolute Gasteiger partial charge is 0.493 e. The summed E-state index contributed by atoms with van der Waals surface area (Å²) >= 11 is 0. The summed E-state index contributed by atoms with van der Waals surface area (Å²) in [4.78, 5) is 0.113. The van der Waals surface area contributed by atoms with Crippen LogP contribution in [0.2, 0.25) is 0 Å². The zero-order chi connectivity index (χ0) is 20.4. The normalized spacial score (nSPS) is 12.6. The molecule has 0 amide bonds. The number of hydrogen-bond donors (Lipinski definition) is 1. The lowest BCUT2D eigenvalue weighted by Gasteiger charge is -2.17. The van der Waals surface area contributed by atoms with Crippen LogP contribution < -0.4 is 18.9 Å². The molecular formula is C20H20N2O6S. The van der Waals surface area contributed by atoms with Crippen LogP contribution in [0.25, 0.3) is 11.3 Å². The Labute approximate surface area is 168 Å². The average molecular weight is 416 g/mol.